The molecular weight excluding hydrogens is 394 g/mol. The number of aryl methyl sites for hydroxylation is 1. The van der Waals surface area contributed by atoms with E-state index in [1.807, 2.05) is 30.3 Å². The number of pyridine rings is 1. The van der Waals surface area contributed by atoms with E-state index in [9.17, 15) is 9.59 Å². The van der Waals surface area contributed by atoms with Crippen molar-refractivity contribution >= 4 is 23.7 Å². The predicted molar refractivity (Wildman–Crippen MR) is 118 cm³/mol. The molecule has 0 atom stereocenters. The summed E-state index contributed by atoms with van der Waals surface area (Å²) in [5.41, 5.74) is 3.03. The third kappa shape index (κ3) is 5.31. The van der Waals surface area contributed by atoms with Crippen LogP contribution in [0.3, 0.4) is 0 Å². The summed E-state index contributed by atoms with van der Waals surface area (Å²) in [7, 11) is 1.63. The number of hydrogen-bond acceptors (Lipinski definition) is 5. The number of methoxy groups -OCH3 is 1. The highest BCUT2D eigenvalue weighted by Gasteiger charge is 2.17. The van der Waals surface area contributed by atoms with E-state index in [0.29, 0.717) is 38.4 Å². The Morgan fingerprint density at radius 3 is 2.74 bits per heavy atom. The summed E-state index contributed by atoms with van der Waals surface area (Å²) >= 11 is 0. The van der Waals surface area contributed by atoms with Gasteiger partial charge in [-0.15, -0.1) is 0 Å². The third-order valence-electron chi connectivity index (χ3n) is 5.38. The maximum atomic E-state index is 12.5. The van der Waals surface area contributed by atoms with Gasteiger partial charge in [-0.1, -0.05) is 6.08 Å². The molecule has 3 heterocycles. The van der Waals surface area contributed by atoms with Gasteiger partial charge in [0.2, 0.25) is 11.8 Å². The van der Waals surface area contributed by atoms with Gasteiger partial charge >= 0.3 is 0 Å². The van der Waals surface area contributed by atoms with E-state index in [-0.39, 0.29) is 11.8 Å². The fraction of sp³-hybridized carbons (Fsp3) is 0.292. The van der Waals surface area contributed by atoms with Crippen LogP contribution in [0, 0.1) is 0 Å². The second-order valence-corrected chi connectivity index (χ2v) is 7.52. The Morgan fingerprint density at radius 2 is 2.00 bits per heavy atom. The molecule has 0 fully saturated rings. The molecule has 0 saturated carbocycles. The molecule has 0 aliphatic carbocycles. The number of nitrogens with one attached hydrogen (secondary N) is 1. The lowest BCUT2D eigenvalue weighted by atomic mass is 10.0. The molecule has 31 heavy (non-hydrogen) atoms. The number of carbonyl (C=O) groups is 2. The van der Waals surface area contributed by atoms with Crippen LogP contribution in [0.2, 0.25) is 0 Å². The van der Waals surface area contributed by atoms with Crippen LogP contribution in [0.4, 0.5) is 5.82 Å². The van der Waals surface area contributed by atoms with Crippen molar-refractivity contribution in [3.05, 3.63) is 65.4 Å². The topological polar surface area (TPSA) is 80.8 Å². The van der Waals surface area contributed by atoms with Gasteiger partial charge in [-0.2, -0.15) is 0 Å². The molecule has 2 aliphatic heterocycles. The lowest BCUT2D eigenvalue weighted by molar-refractivity contribution is -0.125. The molecule has 0 saturated heterocycles. The molecule has 0 unspecified atom stereocenters. The predicted octanol–water partition coefficient (Wildman–Crippen LogP) is 3.23. The number of anilines is 1. The Morgan fingerprint density at radius 1 is 1.19 bits per heavy atom. The molecule has 2 aromatic rings. The molecule has 4 rings (SSSR count). The Hall–Kier alpha value is -3.61. The molecule has 7 nitrogen and oxygen atoms in total. The average Bonchev–Trinajstić information content (AvgIpc) is 2.81. The van der Waals surface area contributed by atoms with Gasteiger partial charge in [0.1, 0.15) is 23.9 Å². The van der Waals surface area contributed by atoms with Crippen molar-refractivity contribution in [3.63, 3.8) is 0 Å². The number of carbonyl (C=O) groups excluding carboxylic acids is 2. The van der Waals surface area contributed by atoms with Crippen LogP contribution in [0.15, 0.2) is 54.3 Å². The first kappa shape index (κ1) is 20.7. The number of rotatable bonds is 6. The van der Waals surface area contributed by atoms with Crippen molar-refractivity contribution in [2.75, 3.05) is 32.1 Å². The summed E-state index contributed by atoms with van der Waals surface area (Å²) in [6, 6.07) is 9.46. The van der Waals surface area contributed by atoms with Crippen molar-refractivity contribution in [1.82, 2.24) is 9.88 Å². The van der Waals surface area contributed by atoms with Gasteiger partial charge < -0.3 is 19.7 Å². The second kappa shape index (κ2) is 9.47. The molecular formula is C24H25N3O4. The highest BCUT2D eigenvalue weighted by Crippen LogP contribution is 2.22. The van der Waals surface area contributed by atoms with Crippen LogP contribution in [0.25, 0.3) is 6.08 Å². The Labute approximate surface area is 181 Å². The lowest BCUT2D eigenvalue weighted by Crippen LogP contribution is -2.34. The summed E-state index contributed by atoms with van der Waals surface area (Å²) in [5.74, 6) is 2.17. The zero-order valence-electron chi connectivity index (χ0n) is 17.5. The van der Waals surface area contributed by atoms with Gasteiger partial charge in [0.15, 0.2) is 0 Å². The summed E-state index contributed by atoms with van der Waals surface area (Å²) in [5, 5.41) is 2.76. The van der Waals surface area contributed by atoms with E-state index >= 15 is 0 Å². The molecule has 1 aromatic heterocycles. The number of benzene rings is 1. The highest BCUT2D eigenvalue weighted by molar-refractivity contribution is 5.94. The highest BCUT2D eigenvalue weighted by atomic mass is 16.5. The van der Waals surface area contributed by atoms with Gasteiger partial charge in [0.05, 0.1) is 7.11 Å². The van der Waals surface area contributed by atoms with Crippen LogP contribution in [-0.2, 0) is 16.0 Å². The number of hydrogen-bond donors (Lipinski definition) is 1. The zero-order chi connectivity index (χ0) is 21.6. The Bertz CT molecular complexity index is 1030. The number of aromatic nitrogens is 1. The number of ether oxygens (including phenoxy) is 2. The van der Waals surface area contributed by atoms with E-state index in [1.165, 1.54) is 5.57 Å². The van der Waals surface area contributed by atoms with Crippen molar-refractivity contribution in [3.8, 4) is 11.5 Å². The quantitative estimate of drug-likeness (QED) is 0.574. The Kier molecular flexibility index (Phi) is 6.31. The van der Waals surface area contributed by atoms with Gasteiger partial charge in [0.25, 0.3) is 0 Å². The number of nitrogens with zero attached hydrogens (tertiary/aromatic N) is 2. The minimum atomic E-state index is -0.0302. The van der Waals surface area contributed by atoms with Crippen molar-refractivity contribution in [2.24, 2.45) is 0 Å². The SMILES string of the molecule is COc1ccc(OCC2=CCN(C(=O)C=Cc3cnc4c(c3)CCC(=O)N4)CC2)cc1. The van der Waals surface area contributed by atoms with E-state index in [0.717, 1.165) is 29.0 Å². The van der Waals surface area contributed by atoms with Gasteiger partial charge in [0, 0.05) is 31.8 Å². The van der Waals surface area contributed by atoms with Crippen LogP contribution < -0.4 is 14.8 Å². The van der Waals surface area contributed by atoms with Gasteiger partial charge in [-0.25, -0.2) is 4.98 Å². The maximum absolute atomic E-state index is 12.5. The number of amides is 2. The molecule has 0 bridgehead atoms. The van der Waals surface area contributed by atoms with Crippen molar-refractivity contribution < 1.29 is 19.1 Å². The summed E-state index contributed by atoms with van der Waals surface area (Å²) in [6.45, 7) is 1.75. The molecule has 0 radical (unpaired) electrons. The minimum absolute atomic E-state index is 0.00890. The summed E-state index contributed by atoms with van der Waals surface area (Å²) < 4.78 is 11.0. The fourth-order valence-corrected chi connectivity index (χ4v) is 3.53. The van der Waals surface area contributed by atoms with Crippen LogP contribution >= 0.6 is 0 Å². The summed E-state index contributed by atoms with van der Waals surface area (Å²) in [6.07, 6.45) is 9.00. The Balaban J connectivity index is 1.28. The molecule has 2 aliphatic rings. The first-order valence-electron chi connectivity index (χ1n) is 10.3. The average molecular weight is 419 g/mol. The smallest absolute Gasteiger partial charge is 0.246 e. The van der Waals surface area contributed by atoms with Crippen LogP contribution in [-0.4, -0.2) is 48.5 Å². The van der Waals surface area contributed by atoms with Crippen molar-refractivity contribution in [2.45, 2.75) is 19.3 Å². The van der Waals surface area contributed by atoms with E-state index < -0.39 is 0 Å². The lowest BCUT2D eigenvalue weighted by Gasteiger charge is -2.25. The fourth-order valence-electron chi connectivity index (χ4n) is 3.53. The molecule has 2 amide bonds. The minimum Gasteiger partial charge on any atom is -0.497 e. The number of fused-ring (bicyclic) bond motifs is 1. The maximum Gasteiger partial charge on any atom is 0.246 e. The second-order valence-electron chi connectivity index (χ2n) is 7.52. The normalized spacial score (nSPS) is 15.8. The van der Waals surface area contributed by atoms with Crippen LogP contribution in [0.1, 0.15) is 24.0 Å². The molecule has 1 N–H and O–H groups in total. The zero-order valence-corrected chi connectivity index (χ0v) is 17.5. The van der Waals surface area contributed by atoms with Gasteiger partial charge in [-0.05, 0) is 65.9 Å². The van der Waals surface area contributed by atoms with E-state index in [1.54, 1.807) is 30.4 Å². The molecule has 1 aromatic carbocycles. The standard InChI is InChI=1S/C24H25N3O4/c1-30-20-4-6-21(7-5-20)31-16-17-10-12-27(13-11-17)23(29)9-2-18-14-19-3-8-22(28)26-24(19)25-15-18/h2,4-7,9-10,14-15H,3,8,11-13,16H2,1H3,(H,25,26,28). The largest absolute Gasteiger partial charge is 0.497 e. The van der Waals surface area contributed by atoms with Crippen molar-refractivity contribution in [1.29, 1.82) is 0 Å². The van der Waals surface area contributed by atoms with Gasteiger partial charge in [-0.3, -0.25) is 9.59 Å². The monoisotopic (exact) mass is 419 g/mol. The first-order valence-corrected chi connectivity index (χ1v) is 10.3. The molecule has 7 heteroatoms. The van der Waals surface area contributed by atoms with E-state index in [2.05, 4.69) is 16.4 Å². The molecule has 0 spiro atoms. The summed E-state index contributed by atoms with van der Waals surface area (Å²) in [4.78, 5) is 30.1. The van der Waals surface area contributed by atoms with Crippen LogP contribution in [0.5, 0.6) is 11.5 Å². The van der Waals surface area contributed by atoms with E-state index in [4.69, 9.17) is 9.47 Å². The third-order valence-corrected chi connectivity index (χ3v) is 5.38. The molecule has 160 valence electrons. The first-order chi connectivity index (χ1) is 15.1.